The predicted molar refractivity (Wildman–Crippen MR) is 82.8 cm³/mol. The van der Waals surface area contributed by atoms with Crippen LogP contribution in [-0.4, -0.2) is 22.9 Å². The van der Waals surface area contributed by atoms with Crippen molar-refractivity contribution in [2.75, 3.05) is 7.11 Å². The molecule has 0 radical (unpaired) electrons. The van der Waals surface area contributed by atoms with Crippen LogP contribution >= 0.6 is 0 Å². The molecule has 1 heterocycles. The number of carbonyl (C=O) groups is 1. The van der Waals surface area contributed by atoms with E-state index in [4.69, 9.17) is 4.74 Å². The summed E-state index contributed by atoms with van der Waals surface area (Å²) in [6.07, 6.45) is 1.05. The van der Waals surface area contributed by atoms with Gasteiger partial charge in [-0.25, -0.2) is 4.68 Å². The van der Waals surface area contributed by atoms with E-state index < -0.39 is 0 Å². The van der Waals surface area contributed by atoms with Crippen molar-refractivity contribution in [3.63, 3.8) is 0 Å². The van der Waals surface area contributed by atoms with Crippen LogP contribution in [0.2, 0.25) is 0 Å². The average Bonchev–Trinajstić information content (AvgIpc) is 2.74. The van der Waals surface area contributed by atoms with Gasteiger partial charge in [0.1, 0.15) is 0 Å². The van der Waals surface area contributed by atoms with Crippen molar-refractivity contribution >= 4 is 5.97 Å². The summed E-state index contributed by atoms with van der Waals surface area (Å²) >= 11 is 0. The fourth-order valence-electron chi connectivity index (χ4n) is 2.47. The normalized spacial score (nSPS) is 10.7. The fourth-order valence-corrected chi connectivity index (χ4v) is 2.47. The number of hydrogen-bond acceptors (Lipinski definition) is 3. The summed E-state index contributed by atoms with van der Waals surface area (Å²) in [5.41, 5.74) is 6.75. The molecule has 0 bridgehead atoms. The molecule has 4 heteroatoms. The molecule has 0 spiro atoms. The lowest BCUT2D eigenvalue weighted by atomic mass is 10.1. The van der Waals surface area contributed by atoms with Crippen molar-refractivity contribution in [1.29, 1.82) is 0 Å². The van der Waals surface area contributed by atoms with Gasteiger partial charge in [0.25, 0.3) is 0 Å². The second-order valence-electron chi connectivity index (χ2n) is 5.41. The second-order valence-corrected chi connectivity index (χ2v) is 5.41. The summed E-state index contributed by atoms with van der Waals surface area (Å²) < 4.78 is 6.66. The first-order chi connectivity index (χ1) is 9.93. The van der Waals surface area contributed by atoms with Crippen LogP contribution in [0, 0.1) is 27.7 Å². The van der Waals surface area contributed by atoms with Crippen molar-refractivity contribution in [3.8, 4) is 5.69 Å². The molecule has 0 N–H and O–H groups in total. The van der Waals surface area contributed by atoms with Crippen LogP contribution in [0.5, 0.6) is 0 Å². The lowest BCUT2D eigenvalue weighted by Crippen LogP contribution is -2.04. The lowest BCUT2D eigenvalue weighted by molar-refractivity contribution is -0.140. The third kappa shape index (κ3) is 3.15. The maximum absolute atomic E-state index is 11.3. The van der Waals surface area contributed by atoms with Crippen LogP contribution in [0.15, 0.2) is 18.2 Å². The highest BCUT2D eigenvalue weighted by Crippen LogP contribution is 2.21. The Bertz CT molecular complexity index is 672. The van der Waals surface area contributed by atoms with E-state index in [0.29, 0.717) is 12.8 Å². The summed E-state index contributed by atoms with van der Waals surface area (Å²) in [5, 5.41) is 4.62. The maximum Gasteiger partial charge on any atom is 0.305 e. The number of aromatic nitrogens is 2. The molecular weight excluding hydrogens is 264 g/mol. The van der Waals surface area contributed by atoms with Gasteiger partial charge >= 0.3 is 5.97 Å². The summed E-state index contributed by atoms with van der Waals surface area (Å²) in [6, 6.07) is 6.32. The third-order valence-corrected chi connectivity index (χ3v) is 3.98. The maximum atomic E-state index is 11.3. The molecule has 2 aromatic rings. The Kier molecular flexibility index (Phi) is 4.46. The van der Waals surface area contributed by atoms with Gasteiger partial charge in [0.2, 0.25) is 0 Å². The van der Waals surface area contributed by atoms with Gasteiger partial charge < -0.3 is 4.74 Å². The number of nitrogens with zero attached hydrogens (tertiary/aromatic N) is 2. The smallest absolute Gasteiger partial charge is 0.305 e. The first-order valence-corrected chi connectivity index (χ1v) is 7.13. The van der Waals surface area contributed by atoms with E-state index in [0.717, 1.165) is 22.6 Å². The van der Waals surface area contributed by atoms with E-state index in [2.05, 4.69) is 37.1 Å². The molecule has 0 amide bonds. The molecule has 4 nitrogen and oxygen atoms in total. The quantitative estimate of drug-likeness (QED) is 0.811. The van der Waals surface area contributed by atoms with Crippen LogP contribution in [-0.2, 0) is 16.0 Å². The highest BCUT2D eigenvalue weighted by Gasteiger charge is 2.14. The van der Waals surface area contributed by atoms with Crippen LogP contribution in [0.4, 0.5) is 0 Å². The number of methoxy groups -OCH3 is 1. The highest BCUT2D eigenvalue weighted by molar-refractivity contribution is 5.69. The molecule has 0 saturated carbocycles. The van der Waals surface area contributed by atoms with Crippen LogP contribution < -0.4 is 0 Å². The number of carbonyl (C=O) groups excluding carboxylic acids is 1. The SMILES string of the molecule is COC(=O)CCc1c(C)nn(-c2ccc(C)c(C)c2)c1C. The number of aryl methyl sites for hydroxylation is 3. The number of hydrogen-bond donors (Lipinski definition) is 0. The Labute approximate surface area is 125 Å². The minimum absolute atomic E-state index is 0.187. The summed E-state index contributed by atoms with van der Waals surface area (Å²) in [6.45, 7) is 8.23. The minimum Gasteiger partial charge on any atom is -0.469 e. The number of benzene rings is 1. The minimum atomic E-state index is -0.187. The zero-order valence-corrected chi connectivity index (χ0v) is 13.4. The summed E-state index contributed by atoms with van der Waals surface area (Å²) in [7, 11) is 1.42. The van der Waals surface area contributed by atoms with Gasteiger partial charge in [-0.1, -0.05) is 6.07 Å². The molecule has 1 aromatic carbocycles. The zero-order valence-electron chi connectivity index (χ0n) is 13.4. The molecule has 0 saturated heterocycles. The molecule has 1 aromatic heterocycles. The number of rotatable bonds is 4. The van der Waals surface area contributed by atoms with Gasteiger partial charge in [-0.15, -0.1) is 0 Å². The van der Waals surface area contributed by atoms with Gasteiger partial charge in [0, 0.05) is 12.1 Å². The molecule has 21 heavy (non-hydrogen) atoms. The Balaban J connectivity index is 2.33. The van der Waals surface area contributed by atoms with Gasteiger partial charge in [-0.3, -0.25) is 4.79 Å². The average molecular weight is 286 g/mol. The molecular formula is C17H22N2O2. The third-order valence-electron chi connectivity index (χ3n) is 3.98. The molecule has 0 fully saturated rings. The van der Waals surface area contributed by atoms with Crippen molar-refractivity contribution in [1.82, 2.24) is 9.78 Å². The molecule has 112 valence electrons. The van der Waals surface area contributed by atoms with E-state index in [1.54, 1.807) is 0 Å². The second kappa shape index (κ2) is 6.12. The highest BCUT2D eigenvalue weighted by atomic mass is 16.5. The van der Waals surface area contributed by atoms with E-state index in [1.807, 2.05) is 18.5 Å². The monoisotopic (exact) mass is 286 g/mol. The van der Waals surface area contributed by atoms with E-state index in [1.165, 1.54) is 18.2 Å². The zero-order chi connectivity index (χ0) is 15.6. The van der Waals surface area contributed by atoms with Crippen LogP contribution in [0.3, 0.4) is 0 Å². The first kappa shape index (κ1) is 15.3. The van der Waals surface area contributed by atoms with E-state index in [9.17, 15) is 4.79 Å². The molecule has 0 aliphatic carbocycles. The summed E-state index contributed by atoms with van der Waals surface area (Å²) in [4.78, 5) is 11.3. The van der Waals surface area contributed by atoms with E-state index >= 15 is 0 Å². The molecule has 0 aliphatic rings. The Morgan fingerprint density at radius 1 is 1.19 bits per heavy atom. The van der Waals surface area contributed by atoms with E-state index in [-0.39, 0.29) is 5.97 Å². The van der Waals surface area contributed by atoms with Crippen molar-refractivity contribution in [2.24, 2.45) is 0 Å². The van der Waals surface area contributed by atoms with Gasteiger partial charge in [-0.05, 0) is 62.9 Å². The number of esters is 1. The molecule has 2 rings (SSSR count). The van der Waals surface area contributed by atoms with Gasteiger partial charge in [-0.2, -0.15) is 5.10 Å². The lowest BCUT2D eigenvalue weighted by Gasteiger charge is -2.08. The first-order valence-electron chi connectivity index (χ1n) is 7.13. The van der Waals surface area contributed by atoms with Crippen molar-refractivity contribution in [3.05, 3.63) is 46.3 Å². The Morgan fingerprint density at radius 3 is 2.52 bits per heavy atom. The fraction of sp³-hybridized carbons (Fsp3) is 0.412. The molecule has 0 aliphatic heterocycles. The topological polar surface area (TPSA) is 44.1 Å². The van der Waals surface area contributed by atoms with Crippen molar-refractivity contribution < 1.29 is 9.53 Å². The molecule has 0 atom stereocenters. The van der Waals surface area contributed by atoms with Gasteiger partial charge in [0.05, 0.1) is 18.5 Å². The largest absolute Gasteiger partial charge is 0.469 e. The van der Waals surface area contributed by atoms with Crippen LogP contribution in [0.25, 0.3) is 5.69 Å². The van der Waals surface area contributed by atoms with Crippen molar-refractivity contribution in [2.45, 2.75) is 40.5 Å². The van der Waals surface area contributed by atoms with Crippen LogP contribution in [0.1, 0.15) is 34.5 Å². The molecule has 0 unspecified atom stereocenters. The Hall–Kier alpha value is -2.10. The number of ether oxygens (including phenoxy) is 1. The summed E-state index contributed by atoms with van der Waals surface area (Å²) in [5.74, 6) is -0.187. The van der Waals surface area contributed by atoms with Gasteiger partial charge in [0.15, 0.2) is 0 Å². The Morgan fingerprint density at radius 2 is 1.90 bits per heavy atom. The standard InChI is InChI=1S/C17H22N2O2/c1-11-6-7-15(10-12(11)2)19-14(4)16(13(3)18-19)8-9-17(20)21-5/h6-7,10H,8-9H2,1-5H3. The predicted octanol–water partition coefficient (Wildman–Crippen LogP) is 3.21.